The van der Waals surface area contributed by atoms with E-state index >= 15 is 0 Å². The summed E-state index contributed by atoms with van der Waals surface area (Å²) in [5, 5.41) is 2.99. The lowest BCUT2D eigenvalue weighted by Gasteiger charge is -2.31. The second kappa shape index (κ2) is 9.25. The molecule has 0 radical (unpaired) electrons. The quantitative estimate of drug-likeness (QED) is 0.750. The zero-order valence-corrected chi connectivity index (χ0v) is 16.2. The normalized spacial score (nSPS) is 16.0. The van der Waals surface area contributed by atoms with E-state index in [2.05, 4.69) is 38.1 Å². The van der Waals surface area contributed by atoms with Crippen LogP contribution in [0.15, 0.2) is 16.6 Å². The monoisotopic (exact) mass is 399 g/mol. The van der Waals surface area contributed by atoms with Gasteiger partial charge in [-0.2, -0.15) is 0 Å². The molecule has 2 rings (SSSR count). The van der Waals surface area contributed by atoms with E-state index in [1.54, 1.807) is 14.2 Å². The Morgan fingerprint density at radius 3 is 2.46 bits per heavy atom. The molecule has 1 saturated heterocycles. The Labute approximate surface area is 152 Å². The third-order valence-corrected chi connectivity index (χ3v) is 4.85. The number of benzene rings is 1. The van der Waals surface area contributed by atoms with Gasteiger partial charge in [0.2, 0.25) is 5.91 Å². The molecule has 0 saturated carbocycles. The van der Waals surface area contributed by atoms with Crippen LogP contribution in [0.2, 0.25) is 0 Å². The Kier molecular flexibility index (Phi) is 7.33. The van der Waals surface area contributed by atoms with E-state index in [1.807, 2.05) is 12.1 Å². The van der Waals surface area contributed by atoms with Crippen LogP contribution in [0, 0.1) is 0 Å². The van der Waals surface area contributed by atoms with Crippen molar-refractivity contribution >= 4 is 21.8 Å². The van der Waals surface area contributed by atoms with Gasteiger partial charge in [0.05, 0.1) is 25.2 Å². The first-order chi connectivity index (χ1) is 11.5. The van der Waals surface area contributed by atoms with Crippen LogP contribution in [0.3, 0.4) is 0 Å². The highest BCUT2D eigenvalue weighted by atomic mass is 79.9. The fourth-order valence-corrected chi connectivity index (χ4v) is 3.20. The van der Waals surface area contributed by atoms with Gasteiger partial charge in [0.1, 0.15) is 11.5 Å². The van der Waals surface area contributed by atoms with Gasteiger partial charge in [-0.25, -0.2) is 0 Å². The van der Waals surface area contributed by atoms with E-state index < -0.39 is 0 Å². The highest BCUT2D eigenvalue weighted by Crippen LogP contribution is 2.32. The Hall–Kier alpha value is -1.31. The summed E-state index contributed by atoms with van der Waals surface area (Å²) in [6, 6.07) is 3.83. The number of hydrogen-bond donors (Lipinski definition) is 1. The van der Waals surface area contributed by atoms with Crippen LogP contribution in [0.5, 0.6) is 11.5 Å². The molecule has 1 heterocycles. The lowest BCUT2D eigenvalue weighted by molar-refractivity contribution is -0.122. The van der Waals surface area contributed by atoms with Crippen LogP contribution < -0.4 is 14.8 Å². The van der Waals surface area contributed by atoms with Crippen molar-refractivity contribution in [2.24, 2.45) is 0 Å². The average molecular weight is 400 g/mol. The van der Waals surface area contributed by atoms with Crippen LogP contribution in [0.4, 0.5) is 0 Å². The lowest BCUT2D eigenvalue weighted by atomic mass is 10.1. The molecule has 1 aromatic carbocycles. The molecular formula is C17H26BrN3O3. The molecule has 1 aromatic rings. The van der Waals surface area contributed by atoms with E-state index in [-0.39, 0.29) is 5.91 Å². The van der Waals surface area contributed by atoms with Crippen LogP contribution >= 0.6 is 15.9 Å². The van der Waals surface area contributed by atoms with E-state index in [9.17, 15) is 4.79 Å². The number of nitrogens with one attached hydrogen (secondary N) is 1. The van der Waals surface area contributed by atoms with Gasteiger partial charge in [0.25, 0.3) is 0 Å². The van der Waals surface area contributed by atoms with Crippen LogP contribution in [0.1, 0.15) is 5.56 Å². The average Bonchev–Trinajstić information content (AvgIpc) is 2.57. The van der Waals surface area contributed by atoms with Crippen molar-refractivity contribution in [3.05, 3.63) is 22.2 Å². The SMILES string of the molecule is COc1cc(CCNC(=O)CN2CCN(C)CC2)c(OC)cc1Br. The Balaban J connectivity index is 1.82. The standard InChI is InChI=1S/C17H26BrN3O3/c1-20-6-8-21(9-7-20)12-17(22)19-5-4-13-10-16(24-3)14(18)11-15(13)23-2/h10-11H,4-9,12H2,1-3H3,(H,19,22). The molecule has 7 heteroatoms. The summed E-state index contributed by atoms with van der Waals surface area (Å²) in [4.78, 5) is 16.6. The van der Waals surface area contributed by atoms with E-state index in [0.717, 1.165) is 47.7 Å². The smallest absolute Gasteiger partial charge is 0.234 e. The molecule has 1 aliphatic rings. The number of likely N-dealkylation sites (N-methyl/N-ethyl adjacent to an activating group) is 1. The van der Waals surface area contributed by atoms with Crippen molar-refractivity contribution in [1.82, 2.24) is 15.1 Å². The minimum absolute atomic E-state index is 0.0718. The summed E-state index contributed by atoms with van der Waals surface area (Å²) in [6.45, 7) is 4.97. The highest BCUT2D eigenvalue weighted by Gasteiger charge is 2.16. The van der Waals surface area contributed by atoms with Crippen LogP contribution in [0.25, 0.3) is 0 Å². The van der Waals surface area contributed by atoms with Gasteiger partial charge >= 0.3 is 0 Å². The number of carbonyl (C=O) groups is 1. The van der Waals surface area contributed by atoms with Gasteiger partial charge in [0, 0.05) is 32.7 Å². The number of ether oxygens (including phenoxy) is 2. The van der Waals surface area contributed by atoms with Crippen molar-refractivity contribution < 1.29 is 14.3 Å². The second-order valence-corrected chi connectivity index (χ2v) is 6.83. The lowest BCUT2D eigenvalue weighted by Crippen LogP contribution is -2.48. The van der Waals surface area contributed by atoms with Gasteiger partial charge < -0.3 is 19.7 Å². The second-order valence-electron chi connectivity index (χ2n) is 5.98. The number of piperazine rings is 1. The van der Waals surface area contributed by atoms with E-state index in [4.69, 9.17) is 9.47 Å². The van der Waals surface area contributed by atoms with Gasteiger partial charge in [-0.3, -0.25) is 9.69 Å². The predicted octanol–water partition coefficient (Wildman–Crippen LogP) is 1.37. The first-order valence-electron chi connectivity index (χ1n) is 8.11. The Morgan fingerprint density at radius 2 is 1.83 bits per heavy atom. The van der Waals surface area contributed by atoms with Crippen LogP contribution in [-0.2, 0) is 11.2 Å². The van der Waals surface area contributed by atoms with Crippen molar-refractivity contribution in [1.29, 1.82) is 0 Å². The topological polar surface area (TPSA) is 54.0 Å². The van der Waals surface area contributed by atoms with Gasteiger partial charge in [0.15, 0.2) is 0 Å². The van der Waals surface area contributed by atoms with Crippen molar-refractivity contribution in [2.75, 3.05) is 60.5 Å². The van der Waals surface area contributed by atoms with E-state index in [1.165, 1.54) is 0 Å². The maximum absolute atomic E-state index is 12.1. The van der Waals surface area contributed by atoms with Crippen molar-refractivity contribution in [3.63, 3.8) is 0 Å². The van der Waals surface area contributed by atoms with E-state index in [0.29, 0.717) is 19.5 Å². The fraction of sp³-hybridized carbons (Fsp3) is 0.588. The summed E-state index contributed by atoms with van der Waals surface area (Å²) in [5.41, 5.74) is 1.01. The molecule has 24 heavy (non-hydrogen) atoms. The largest absolute Gasteiger partial charge is 0.496 e. The van der Waals surface area contributed by atoms with Crippen LogP contribution in [-0.4, -0.2) is 76.2 Å². The zero-order chi connectivity index (χ0) is 17.5. The number of carbonyl (C=O) groups excluding carboxylic acids is 1. The number of nitrogens with zero attached hydrogens (tertiary/aromatic N) is 2. The molecule has 0 aromatic heterocycles. The molecule has 1 fully saturated rings. The predicted molar refractivity (Wildman–Crippen MR) is 97.9 cm³/mol. The minimum Gasteiger partial charge on any atom is -0.496 e. The molecule has 0 bridgehead atoms. The van der Waals surface area contributed by atoms with Crippen molar-refractivity contribution in [2.45, 2.75) is 6.42 Å². The molecule has 1 amide bonds. The van der Waals surface area contributed by atoms with Crippen molar-refractivity contribution in [3.8, 4) is 11.5 Å². The molecule has 134 valence electrons. The minimum atomic E-state index is 0.0718. The molecule has 6 nitrogen and oxygen atoms in total. The molecule has 1 aliphatic heterocycles. The van der Waals surface area contributed by atoms with Gasteiger partial charge in [-0.15, -0.1) is 0 Å². The van der Waals surface area contributed by atoms with Gasteiger partial charge in [-0.05, 0) is 47.1 Å². The first kappa shape index (κ1) is 19.0. The summed E-state index contributed by atoms with van der Waals surface area (Å²) >= 11 is 3.45. The number of rotatable bonds is 7. The number of methoxy groups -OCH3 is 2. The molecule has 0 spiro atoms. The number of halogens is 1. The summed E-state index contributed by atoms with van der Waals surface area (Å²) in [5.74, 6) is 1.62. The highest BCUT2D eigenvalue weighted by molar-refractivity contribution is 9.10. The number of hydrogen-bond acceptors (Lipinski definition) is 5. The first-order valence-corrected chi connectivity index (χ1v) is 8.90. The van der Waals surface area contributed by atoms with Gasteiger partial charge in [-0.1, -0.05) is 0 Å². The molecular weight excluding hydrogens is 374 g/mol. The number of amides is 1. The zero-order valence-electron chi connectivity index (χ0n) is 14.6. The third kappa shape index (κ3) is 5.36. The molecule has 0 unspecified atom stereocenters. The third-order valence-electron chi connectivity index (χ3n) is 4.23. The summed E-state index contributed by atoms with van der Waals surface area (Å²) < 4.78 is 11.6. The molecule has 0 aliphatic carbocycles. The Bertz CT molecular complexity index is 560. The Morgan fingerprint density at radius 1 is 1.17 bits per heavy atom. The summed E-state index contributed by atoms with van der Waals surface area (Å²) in [6.07, 6.45) is 0.696. The fourth-order valence-electron chi connectivity index (χ4n) is 2.72. The molecule has 1 N–H and O–H groups in total. The summed E-state index contributed by atoms with van der Waals surface area (Å²) in [7, 11) is 5.38. The molecule has 0 atom stereocenters. The maximum atomic E-state index is 12.1. The maximum Gasteiger partial charge on any atom is 0.234 e.